The van der Waals surface area contributed by atoms with Crippen molar-refractivity contribution in [3.8, 4) is 5.75 Å². The monoisotopic (exact) mass is 396 g/mol. The molecule has 3 rings (SSSR count). The van der Waals surface area contributed by atoms with Gasteiger partial charge in [0.1, 0.15) is 5.75 Å². The van der Waals surface area contributed by atoms with Crippen molar-refractivity contribution in [3.63, 3.8) is 0 Å². The van der Waals surface area contributed by atoms with Gasteiger partial charge in [-0.1, -0.05) is 18.2 Å². The molecule has 7 nitrogen and oxygen atoms in total. The summed E-state index contributed by atoms with van der Waals surface area (Å²) in [4.78, 5) is 27.7. The summed E-state index contributed by atoms with van der Waals surface area (Å²) in [6.45, 7) is 4.97. The Hall–Kier alpha value is -3.22. The van der Waals surface area contributed by atoms with Crippen molar-refractivity contribution in [1.29, 1.82) is 0 Å². The number of piperazine rings is 1. The average Bonchev–Trinajstić information content (AvgIpc) is 2.74. The Morgan fingerprint density at radius 2 is 1.69 bits per heavy atom. The zero-order chi connectivity index (χ0) is 20.6. The number of nitrogens with zero attached hydrogens (tertiary/aromatic N) is 2. The number of carbonyl (C=O) groups excluding carboxylic acids is 2. The Kier molecular flexibility index (Phi) is 6.94. The van der Waals surface area contributed by atoms with Gasteiger partial charge in [0.05, 0.1) is 7.11 Å². The maximum Gasteiger partial charge on any atom is 0.317 e. The van der Waals surface area contributed by atoms with E-state index in [1.807, 2.05) is 53.4 Å². The second-order valence-corrected chi connectivity index (χ2v) is 7.00. The molecule has 0 spiro atoms. The van der Waals surface area contributed by atoms with Gasteiger partial charge in [-0.3, -0.25) is 4.79 Å². The molecule has 2 N–H and O–H groups in total. The summed E-state index contributed by atoms with van der Waals surface area (Å²) in [7, 11) is 1.66. The standard InChI is InChI=1S/C22H28N4O3/c1-17(27)24-19-7-9-20(10-8-19)25-13-15-26(16-14-25)22(28)23-12-11-18-5-3-4-6-21(18)29-2/h3-10H,11-16H2,1-2H3,(H,23,28)(H,24,27). The van der Waals surface area contributed by atoms with Crippen molar-refractivity contribution < 1.29 is 14.3 Å². The van der Waals surface area contributed by atoms with Crippen LogP contribution in [-0.2, 0) is 11.2 Å². The predicted molar refractivity (Wildman–Crippen MR) is 115 cm³/mol. The number of ether oxygens (including phenoxy) is 1. The van der Waals surface area contributed by atoms with Crippen LogP contribution in [0.3, 0.4) is 0 Å². The number of methoxy groups -OCH3 is 1. The van der Waals surface area contributed by atoms with Crippen LogP contribution in [0, 0.1) is 0 Å². The highest BCUT2D eigenvalue weighted by molar-refractivity contribution is 5.88. The van der Waals surface area contributed by atoms with E-state index in [1.165, 1.54) is 6.92 Å². The van der Waals surface area contributed by atoms with Crippen molar-refractivity contribution in [2.75, 3.05) is 50.1 Å². The number of benzene rings is 2. The number of urea groups is 1. The summed E-state index contributed by atoms with van der Waals surface area (Å²) < 4.78 is 5.35. The number of hydrogen-bond acceptors (Lipinski definition) is 4. The van der Waals surface area contributed by atoms with Gasteiger partial charge in [-0.2, -0.15) is 0 Å². The third kappa shape index (κ3) is 5.63. The molecule has 0 saturated carbocycles. The van der Waals surface area contributed by atoms with E-state index in [1.54, 1.807) is 7.11 Å². The van der Waals surface area contributed by atoms with Gasteiger partial charge in [0.25, 0.3) is 0 Å². The second kappa shape index (κ2) is 9.82. The van der Waals surface area contributed by atoms with Crippen molar-refractivity contribution >= 4 is 23.3 Å². The summed E-state index contributed by atoms with van der Waals surface area (Å²) in [5, 5.41) is 5.77. The topological polar surface area (TPSA) is 73.9 Å². The molecule has 0 radical (unpaired) electrons. The molecule has 0 aliphatic carbocycles. The Morgan fingerprint density at radius 1 is 1.00 bits per heavy atom. The van der Waals surface area contributed by atoms with E-state index < -0.39 is 0 Å². The number of amides is 3. The van der Waals surface area contributed by atoms with Crippen molar-refractivity contribution in [2.24, 2.45) is 0 Å². The second-order valence-electron chi connectivity index (χ2n) is 7.00. The van der Waals surface area contributed by atoms with Gasteiger partial charge in [-0.05, 0) is 42.3 Å². The van der Waals surface area contributed by atoms with Crippen LogP contribution in [0.1, 0.15) is 12.5 Å². The normalized spacial score (nSPS) is 13.7. The highest BCUT2D eigenvalue weighted by Gasteiger charge is 2.21. The predicted octanol–water partition coefficient (Wildman–Crippen LogP) is 2.73. The molecule has 0 atom stereocenters. The summed E-state index contributed by atoms with van der Waals surface area (Å²) in [6, 6.07) is 15.6. The fraction of sp³-hybridized carbons (Fsp3) is 0.364. The minimum absolute atomic E-state index is 0.0273. The highest BCUT2D eigenvalue weighted by atomic mass is 16.5. The van der Waals surface area contributed by atoms with Gasteiger partial charge in [0, 0.05) is 51.0 Å². The van der Waals surface area contributed by atoms with Crippen LogP contribution in [0.5, 0.6) is 5.75 Å². The van der Waals surface area contributed by atoms with E-state index >= 15 is 0 Å². The van der Waals surface area contributed by atoms with E-state index in [4.69, 9.17) is 4.74 Å². The molecule has 1 fully saturated rings. The molecule has 3 amide bonds. The van der Waals surface area contributed by atoms with Gasteiger partial charge in [-0.25, -0.2) is 4.79 Å². The van der Waals surface area contributed by atoms with Gasteiger partial charge in [0.2, 0.25) is 5.91 Å². The molecule has 0 unspecified atom stereocenters. The Labute approximate surface area is 171 Å². The van der Waals surface area contributed by atoms with Crippen molar-refractivity contribution in [3.05, 3.63) is 54.1 Å². The molecular formula is C22H28N4O3. The van der Waals surface area contributed by atoms with Gasteiger partial charge in [-0.15, -0.1) is 0 Å². The fourth-order valence-electron chi connectivity index (χ4n) is 3.45. The maximum atomic E-state index is 12.5. The number of nitrogens with one attached hydrogen (secondary N) is 2. The van der Waals surface area contributed by atoms with Crippen LogP contribution >= 0.6 is 0 Å². The lowest BCUT2D eigenvalue weighted by Gasteiger charge is -2.36. The minimum atomic E-state index is -0.0805. The summed E-state index contributed by atoms with van der Waals surface area (Å²) in [5.74, 6) is 0.767. The molecule has 0 aromatic heterocycles. The fourth-order valence-corrected chi connectivity index (χ4v) is 3.45. The number of carbonyl (C=O) groups is 2. The Balaban J connectivity index is 1.44. The molecule has 7 heteroatoms. The first-order valence-electron chi connectivity index (χ1n) is 9.84. The molecule has 1 heterocycles. The molecule has 154 valence electrons. The lowest BCUT2D eigenvalue weighted by Crippen LogP contribution is -2.52. The number of para-hydroxylation sites is 1. The molecule has 0 bridgehead atoms. The van der Waals surface area contributed by atoms with Crippen molar-refractivity contribution in [1.82, 2.24) is 10.2 Å². The van der Waals surface area contributed by atoms with Crippen LogP contribution in [0.2, 0.25) is 0 Å². The van der Waals surface area contributed by atoms with Crippen LogP contribution in [0.25, 0.3) is 0 Å². The first-order valence-corrected chi connectivity index (χ1v) is 9.84. The summed E-state index contributed by atoms with van der Waals surface area (Å²) in [5.41, 5.74) is 2.97. The highest BCUT2D eigenvalue weighted by Crippen LogP contribution is 2.20. The average molecular weight is 396 g/mol. The number of hydrogen-bond donors (Lipinski definition) is 2. The third-order valence-corrected chi connectivity index (χ3v) is 4.98. The van der Waals surface area contributed by atoms with Gasteiger partial charge in [0.15, 0.2) is 0 Å². The lowest BCUT2D eigenvalue weighted by molar-refractivity contribution is -0.114. The SMILES string of the molecule is COc1ccccc1CCNC(=O)N1CCN(c2ccc(NC(C)=O)cc2)CC1. The number of anilines is 2. The van der Waals surface area contributed by atoms with Crippen LogP contribution < -0.4 is 20.3 Å². The third-order valence-electron chi connectivity index (χ3n) is 4.98. The largest absolute Gasteiger partial charge is 0.496 e. The minimum Gasteiger partial charge on any atom is -0.496 e. The molecule has 1 saturated heterocycles. The molecule has 2 aromatic carbocycles. The first-order chi connectivity index (χ1) is 14.1. The Bertz CT molecular complexity index is 830. The van der Waals surface area contributed by atoms with E-state index in [0.29, 0.717) is 19.6 Å². The van der Waals surface area contributed by atoms with Crippen LogP contribution in [0.4, 0.5) is 16.2 Å². The van der Waals surface area contributed by atoms with Crippen molar-refractivity contribution in [2.45, 2.75) is 13.3 Å². The van der Waals surface area contributed by atoms with Gasteiger partial charge >= 0.3 is 6.03 Å². The zero-order valence-electron chi connectivity index (χ0n) is 17.0. The van der Waals surface area contributed by atoms with Gasteiger partial charge < -0.3 is 25.2 Å². The molecular weight excluding hydrogens is 368 g/mol. The van der Waals surface area contributed by atoms with Crippen LogP contribution in [-0.4, -0.2) is 56.7 Å². The van der Waals surface area contributed by atoms with E-state index in [2.05, 4.69) is 15.5 Å². The molecule has 2 aromatic rings. The summed E-state index contributed by atoms with van der Waals surface area (Å²) in [6.07, 6.45) is 0.733. The molecule has 29 heavy (non-hydrogen) atoms. The van der Waals surface area contributed by atoms with E-state index in [9.17, 15) is 9.59 Å². The smallest absolute Gasteiger partial charge is 0.317 e. The maximum absolute atomic E-state index is 12.5. The quantitative estimate of drug-likeness (QED) is 0.787. The number of rotatable bonds is 6. The zero-order valence-corrected chi connectivity index (χ0v) is 17.0. The van der Waals surface area contributed by atoms with E-state index in [0.717, 1.165) is 42.2 Å². The molecule has 1 aliphatic rings. The lowest BCUT2D eigenvalue weighted by atomic mass is 10.1. The summed E-state index contributed by atoms with van der Waals surface area (Å²) >= 11 is 0. The Morgan fingerprint density at radius 3 is 2.34 bits per heavy atom. The van der Waals surface area contributed by atoms with E-state index in [-0.39, 0.29) is 11.9 Å². The van der Waals surface area contributed by atoms with Crippen LogP contribution in [0.15, 0.2) is 48.5 Å². The molecule has 1 aliphatic heterocycles. The first kappa shape index (κ1) is 20.5.